The van der Waals surface area contributed by atoms with Crippen molar-refractivity contribution in [3.05, 3.63) is 89.1 Å². The molecule has 0 radical (unpaired) electrons. The third-order valence-corrected chi connectivity index (χ3v) is 5.23. The number of halogens is 1. The largest absolute Gasteiger partial charge is 0.508 e. The van der Waals surface area contributed by atoms with Crippen LogP contribution >= 0.6 is 11.6 Å². The van der Waals surface area contributed by atoms with Crippen molar-refractivity contribution >= 4 is 46.4 Å². The normalized spacial score (nSPS) is 13.3. The van der Waals surface area contributed by atoms with E-state index in [0.29, 0.717) is 28.4 Å². The smallest absolute Gasteiger partial charge is 0.283 e. The van der Waals surface area contributed by atoms with Gasteiger partial charge in [0.25, 0.3) is 17.7 Å². The van der Waals surface area contributed by atoms with Gasteiger partial charge in [0.2, 0.25) is 0 Å². The minimum absolute atomic E-state index is 0.0389. The molecule has 3 amide bonds. The van der Waals surface area contributed by atoms with Gasteiger partial charge in [0, 0.05) is 23.0 Å². The van der Waals surface area contributed by atoms with E-state index in [2.05, 4.69) is 10.6 Å². The molecule has 1 heterocycles. The first-order valence-electron chi connectivity index (χ1n) is 9.77. The lowest BCUT2D eigenvalue weighted by molar-refractivity contribution is -0.120. The fraction of sp³-hybridized carbons (Fsp3) is 0.0417. The zero-order valence-electron chi connectivity index (χ0n) is 17.3. The van der Waals surface area contributed by atoms with Crippen LogP contribution in [-0.2, 0) is 9.59 Å². The van der Waals surface area contributed by atoms with E-state index in [4.69, 9.17) is 16.3 Å². The van der Waals surface area contributed by atoms with Crippen molar-refractivity contribution in [2.24, 2.45) is 0 Å². The van der Waals surface area contributed by atoms with Crippen LogP contribution in [0.2, 0.25) is 0 Å². The summed E-state index contributed by atoms with van der Waals surface area (Å²) in [4.78, 5) is 38.9. The van der Waals surface area contributed by atoms with Crippen molar-refractivity contribution in [2.75, 3.05) is 22.6 Å². The summed E-state index contributed by atoms with van der Waals surface area (Å²) in [5.74, 6) is -0.986. The zero-order chi connectivity index (χ0) is 23.5. The quantitative estimate of drug-likeness (QED) is 0.475. The number of benzene rings is 3. The number of ether oxygens (including phenoxy) is 1. The third kappa shape index (κ3) is 4.51. The maximum absolute atomic E-state index is 12.9. The molecule has 0 aromatic heterocycles. The number of hydrogen-bond acceptors (Lipinski definition) is 6. The van der Waals surface area contributed by atoms with E-state index in [1.165, 1.54) is 19.2 Å². The van der Waals surface area contributed by atoms with E-state index in [-0.39, 0.29) is 22.4 Å². The highest BCUT2D eigenvalue weighted by atomic mass is 35.5. The second-order valence-corrected chi connectivity index (χ2v) is 7.42. The molecule has 1 aliphatic heterocycles. The molecular weight excluding hydrogens is 446 g/mol. The number of methoxy groups -OCH3 is 1. The van der Waals surface area contributed by atoms with Gasteiger partial charge in [-0.2, -0.15) is 0 Å². The summed E-state index contributed by atoms with van der Waals surface area (Å²) in [6.45, 7) is 0. The second-order valence-electron chi connectivity index (χ2n) is 7.04. The highest BCUT2D eigenvalue weighted by Crippen LogP contribution is 2.31. The average Bonchev–Trinajstić information content (AvgIpc) is 3.02. The Labute approximate surface area is 194 Å². The Balaban J connectivity index is 1.47. The van der Waals surface area contributed by atoms with E-state index < -0.39 is 11.8 Å². The monoisotopic (exact) mass is 463 g/mol. The molecule has 166 valence electrons. The van der Waals surface area contributed by atoms with E-state index >= 15 is 0 Å². The van der Waals surface area contributed by atoms with Crippen molar-refractivity contribution in [2.45, 2.75) is 0 Å². The zero-order valence-corrected chi connectivity index (χ0v) is 18.1. The number of amides is 3. The van der Waals surface area contributed by atoms with Crippen molar-refractivity contribution in [1.82, 2.24) is 0 Å². The minimum Gasteiger partial charge on any atom is -0.508 e. The number of rotatable bonds is 6. The SMILES string of the molecule is COc1ccc(N2C(=O)C(Cl)=C(Nc3ccc(C(=O)Nc4cccc(O)c4)cc3)C2=O)cc1. The summed E-state index contributed by atoms with van der Waals surface area (Å²) in [5.41, 5.74) is 1.58. The fourth-order valence-corrected chi connectivity index (χ4v) is 3.43. The molecule has 0 spiro atoms. The van der Waals surface area contributed by atoms with Crippen molar-refractivity contribution in [3.63, 3.8) is 0 Å². The fourth-order valence-electron chi connectivity index (χ4n) is 3.21. The number of nitrogens with zero attached hydrogens (tertiary/aromatic N) is 1. The molecule has 9 heteroatoms. The van der Waals surface area contributed by atoms with Gasteiger partial charge in [0.1, 0.15) is 22.2 Å². The summed E-state index contributed by atoms with van der Waals surface area (Å²) >= 11 is 6.16. The highest BCUT2D eigenvalue weighted by Gasteiger charge is 2.38. The topological polar surface area (TPSA) is 108 Å². The predicted molar refractivity (Wildman–Crippen MR) is 124 cm³/mol. The van der Waals surface area contributed by atoms with Gasteiger partial charge in [-0.3, -0.25) is 14.4 Å². The van der Waals surface area contributed by atoms with E-state index in [9.17, 15) is 19.5 Å². The van der Waals surface area contributed by atoms with Crippen LogP contribution in [0.15, 0.2) is 83.5 Å². The minimum atomic E-state index is -0.642. The second kappa shape index (κ2) is 9.05. The van der Waals surface area contributed by atoms with Gasteiger partial charge in [-0.05, 0) is 60.7 Å². The van der Waals surface area contributed by atoms with Crippen molar-refractivity contribution < 1.29 is 24.2 Å². The van der Waals surface area contributed by atoms with Gasteiger partial charge in [-0.15, -0.1) is 0 Å². The molecule has 4 rings (SSSR count). The number of anilines is 3. The average molecular weight is 464 g/mol. The van der Waals surface area contributed by atoms with Crippen LogP contribution in [0.3, 0.4) is 0 Å². The lowest BCUT2D eigenvalue weighted by Crippen LogP contribution is -2.32. The molecule has 3 aromatic carbocycles. The molecule has 0 saturated carbocycles. The number of carbonyl (C=O) groups is 3. The van der Waals surface area contributed by atoms with Crippen LogP contribution < -0.4 is 20.3 Å². The number of nitrogens with one attached hydrogen (secondary N) is 2. The molecule has 0 bridgehead atoms. The first-order chi connectivity index (χ1) is 15.9. The van der Waals surface area contributed by atoms with Crippen LogP contribution in [0, 0.1) is 0 Å². The summed E-state index contributed by atoms with van der Waals surface area (Å²) in [6.07, 6.45) is 0. The molecule has 3 aromatic rings. The summed E-state index contributed by atoms with van der Waals surface area (Å²) in [7, 11) is 1.52. The van der Waals surface area contributed by atoms with Gasteiger partial charge in [-0.1, -0.05) is 17.7 Å². The number of phenolic OH excluding ortho intramolecular Hbond substituents is 1. The molecule has 0 unspecified atom stereocenters. The Bertz CT molecular complexity index is 1270. The van der Waals surface area contributed by atoms with Crippen LogP contribution in [-0.4, -0.2) is 29.9 Å². The number of imide groups is 1. The van der Waals surface area contributed by atoms with Crippen molar-refractivity contribution in [1.29, 1.82) is 0 Å². The molecule has 8 nitrogen and oxygen atoms in total. The first-order valence-corrected chi connectivity index (χ1v) is 10.2. The Kier molecular flexibility index (Phi) is 6.01. The van der Waals surface area contributed by atoms with Crippen LogP contribution in [0.1, 0.15) is 10.4 Å². The van der Waals surface area contributed by atoms with Crippen LogP contribution in [0.5, 0.6) is 11.5 Å². The number of aromatic hydroxyl groups is 1. The molecule has 1 aliphatic rings. The van der Waals surface area contributed by atoms with Gasteiger partial charge in [0.05, 0.1) is 12.8 Å². The Hall–Kier alpha value is -4.30. The number of hydrogen-bond donors (Lipinski definition) is 3. The molecule has 33 heavy (non-hydrogen) atoms. The lowest BCUT2D eigenvalue weighted by Gasteiger charge is -2.15. The maximum Gasteiger partial charge on any atom is 0.283 e. The van der Waals surface area contributed by atoms with E-state index in [1.54, 1.807) is 60.7 Å². The van der Waals surface area contributed by atoms with Gasteiger partial charge < -0.3 is 20.5 Å². The highest BCUT2D eigenvalue weighted by molar-refractivity contribution is 6.53. The molecule has 0 aliphatic carbocycles. The van der Waals surface area contributed by atoms with Crippen molar-refractivity contribution in [3.8, 4) is 11.5 Å². The molecule has 0 saturated heterocycles. The van der Waals surface area contributed by atoms with Gasteiger partial charge in [-0.25, -0.2) is 4.90 Å². The summed E-state index contributed by atoms with van der Waals surface area (Å²) in [5, 5.41) is 14.8. The first kappa shape index (κ1) is 21.9. The van der Waals surface area contributed by atoms with Crippen LogP contribution in [0.4, 0.5) is 17.1 Å². The summed E-state index contributed by atoms with van der Waals surface area (Å²) < 4.78 is 5.09. The Morgan fingerprint density at radius 3 is 2.27 bits per heavy atom. The van der Waals surface area contributed by atoms with E-state index in [0.717, 1.165) is 4.90 Å². The van der Waals surface area contributed by atoms with Gasteiger partial charge in [0.15, 0.2) is 0 Å². The standard InChI is InChI=1S/C24H18ClN3O5/c1-33-19-11-9-17(10-12-19)28-23(31)20(25)21(24(28)32)26-15-7-5-14(6-8-15)22(30)27-16-3-2-4-18(29)13-16/h2-13,26,29H,1H3,(H,27,30). The maximum atomic E-state index is 12.9. The summed E-state index contributed by atoms with van der Waals surface area (Å²) in [6, 6.07) is 18.9. The third-order valence-electron chi connectivity index (χ3n) is 4.88. The van der Waals surface area contributed by atoms with Gasteiger partial charge >= 0.3 is 0 Å². The number of carbonyl (C=O) groups excluding carboxylic acids is 3. The number of phenols is 1. The molecule has 0 atom stereocenters. The van der Waals surface area contributed by atoms with Crippen LogP contribution in [0.25, 0.3) is 0 Å². The van der Waals surface area contributed by atoms with E-state index in [1.807, 2.05) is 0 Å². The predicted octanol–water partition coefficient (Wildman–Crippen LogP) is 4.09. The lowest BCUT2D eigenvalue weighted by atomic mass is 10.2. The Morgan fingerprint density at radius 2 is 1.64 bits per heavy atom. The molecule has 3 N–H and O–H groups in total. The molecular formula is C24H18ClN3O5. The molecule has 0 fully saturated rings. The Morgan fingerprint density at radius 1 is 0.939 bits per heavy atom.